The first-order valence-electron chi connectivity index (χ1n) is 10.4. The van der Waals surface area contributed by atoms with Gasteiger partial charge in [0.1, 0.15) is 23.3 Å². The Morgan fingerprint density at radius 1 is 1.03 bits per heavy atom. The molecule has 0 radical (unpaired) electrons. The Balaban J connectivity index is 2.17. The Morgan fingerprint density at radius 3 is 2.26 bits per heavy atom. The monoisotopic (exact) mass is 428 g/mol. The Labute approximate surface area is 184 Å². The van der Waals surface area contributed by atoms with Gasteiger partial charge in [0.15, 0.2) is 6.61 Å². The van der Waals surface area contributed by atoms with Crippen LogP contribution in [0.15, 0.2) is 42.5 Å². The number of ether oxygens (including phenoxy) is 3. The molecule has 168 valence electrons. The molecule has 0 heterocycles. The summed E-state index contributed by atoms with van der Waals surface area (Å²) >= 11 is 0. The van der Waals surface area contributed by atoms with E-state index in [1.54, 1.807) is 39.3 Å². The zero-order valence-electron chi connectivity index (χ0n) is 18.9. The molecular formula is C24H32N2O5. The first-order valence-corrected chi connectivity index (χ1v) is 10.4. The lowest BCUT2D eigenvalue weighted by molar-refractivity contribution is -0.142. The van der Waals surface area contributed by atoms with Crippen molar-refractivity contribution in [2.24, 2.45) is 0 Å². The van der Waals surface area contributed by atoms with Crippen LogP contribution in [-0.2, 0) is 16.1 Å². The SMILES string of the molecule is CCCNC(=O)C(C)N(Cc1cccc(C)c1)C(=O)COc1cc(OC)cc(OC)c1. The van der Waals surface area contributed by atoms with Crippen LogP contribution < -0.4 is 19.5 Å². The molecule has 1 N–H and O–H groups in total. The molecule has 0 bridgehead atoms. The van der Waals surface area contributed by atoms with E-state index in [2.05, 4.69) is 5.32 Å². The van der Waals surface area contributed by atoms with Crippen molar-refractivity contribution in [1.29, 1.82) is 0 Å². The van der Waals surface area contributed by atoms with Gasteiger partial charge in [0.2, 0.25) is 5.91 Å². The van der Waals surface area contributed by atoms with Gasteiger partial charge in [-0.25, -0.2) is 0 Å². The molecule has 0 aliphatic rings. The third-order valence-corrected chi connectivity index (χ3v) is 4.84. The Kier molecular flexibility index (Phi) is 9.18. The first-order chi connectivity index (χ1) is 14.9. The summed E-state index contributed by atoms with van der Waals surface area (Å²) in [6, 6.07) is 12.3. The molecule has 0 spiro atoms. The fourth-order valence-electron chi connectivity index (χ4n) is 3.08. The maximum atomic E-state index is 13.1. The zero-order chi connectivity index (χ0) is 22.8. The minimum absolute atomic E-state index is 0.189. The summed E-state index contributed by atoms with van der Waals surface area (Å²) in [4.78, 5) is 27.2. The van der Waals surface area contributed by atoms with Crippen LogP contribution in [0.2, 0.25) is 0 Å². The van der Waals surface area contributed by atoms with Gasteiger partial charge in [-0.3, -0.25) is 9.59 Å². The van der Waals surface area contributed by atoms with E-state index >= 15 is 0 Å². The van der Waals surface area contributed by atoms with Crippen molar-refractivity contribution in [3.8, 4) is 17.2 Å². The smallest absolute Gasteiger partial charge is 0.261 e. The van der Waals surface area contributed by atoms with Gasteiger partial charge in [0.05, 0.1) is 14.2 Å². The molecule has 2 aromatic carbocycles. The average Bonchev–Trinajstić information content (AvgIpc) is 2.78. The number of carbonyl (C=O) groups is 2. The van der Waals surface area contributed by atoms with E-state index in [0.717, 1.165) is 17.5 Å². The van der Waals surface area contributed by atoms with Crippen LogP contribution in [-0.4, -0.2) is 50.1 Å². The Hall–Kier alpha value is -3.22. The van der Waals surface area contributed by atoms with E-state index < -0.39 is 6.04 Å². The second kappa shape index (κ2) is 11.8. The van der Waals surface area contributed by atoms with E-state index in [4.69, 9.17) is 14.2 Å². The highest BCUT2D eigenvalue weighted by molar-refractivity contribution is 5.87. The minimum atomic E-state index is -0.636. The summed E-state index contributed by atoms with van der Waals surface area (Å²) in [5.74, 6) is 1.09. The number of rotatable bonds is 11. The largest absolute Gasteiger partial charge is 0.496 e. The van der Waals surface area contributed by atoms with E-state index in [1.807, 2.05) is 38.1 Å². The lowest BCUT2D eigenvalue weighted by atomic mass is 10.1. The summed E-state index contributed by atoms with van der Waals surface area (Å²) in [5, 5.41) is 2.86. The average molecular weight is 429 g/mol. The van der Waals surface area contributed by atoms with Gasteiger partial charge in [-0.1, -0.05) is 36.8 Å². The van der Waals surface area contributed by atoms with Crippen molar-refractivity contribution >= 4 is 11.8 Å². The normalized spacial score (nSPS) is 11.4. The molecule has 2 amide bonds. The van der Waals surface area contributed by atoms with Crippen LogP contribution >= 0.6 is 0 Å². The highest BCUT2D eigenvalue weighted by atomic mass is 16.5. The second-order valence-electron chi connectivity index (χ2n) is 7.31. The van der Waals surface area contributed by atoms with Crippen molar-refractivity contribution < 1.29 is 23.8 Å². The van der Waals surface area contributed by atoms with E-state index in [-0.39, 0.29) is 18.4 Å². The fourth-order valence-corrected chi connectivity index (χ4v) is 3.08. The molecule has 0 aromatic heterocycles. The van der Waals surface area contributed by atoms with E-state index in [1.165, 1.54) is 4.90 Å². The highest BCUT2D eigenvalue weighted by Gasteiger charge is 2.26. The number of carbonyl (C=O) groups excluding carboxylic acids is 2. The number of amides is 2. The second-order valence-corrected chi connectivity index (χ2v) is 7.31. The molecule has 0 fully saturated rings. The summed E-state index contributed by atoms with van der Waals surface area (Å²) in [7, 11) is 3.09. The first kappa shape index (κ1) is 24.1. The van der Waals surface area contributed by atoms with Crippen molar-refractivity contribution in [1.82, 2.24) is 10.2 Å². The molecule has 0 aliphatic heterocycles. The van der Waals surface area contributed by atoms with Crippen LogP contribution in [0.4, 0.5) is 0 Å². The summed E-state index contributed by atoms with van der Waals surface area (Å²) in [6.07, 6.45) is 0.824. The molecule has 0 saturated carbocycles. The molecule has 31 heavy (non-hydrogen) atoms. The van der Waals surface area contributed by atoms with Gasteiger partial charge in [-0.2, -0.15) is 0 Å². The van der Waals surface area contributed by atoms with Crippen LogP contribution in [0.5, 0.6) is 17.2 Å². The molecular weight excluding hydrogens is 396 g/mol. The predicted molar refractivity (Wildman–Crippen MR) is 120 cm³/mol. The number of hydrogen-bond acceptors (Lipinski definition) is 5. The molecule has 7 nitrogen and oxygen atoms in total. The summed E-state index contributed by atoms with van der Waals surface area (Å²) in [5.41, 5.74) is 2.04. The highest BCUT2D eigenvalue weighted by Crippen LogP contribution is 2.27. The van der Waals surface area contributed by atoms with Crippen molar-refractivity contribution in [2.75, 3.05) is 27.4 Å². The van der Waals surface area contributed by atoms with E-state index in [9.17, 15) is 9.59 Å². The minimum Gasteiger partial charge on any atom is -0.496 e. The molecule has 7 heteroatoms. The Morgan fingerprint density at radius 2 is 1.68 bits per heavy atom. The van der Waals surface area contributed by atoms with Crippen LogP contribution in [0.25, 0.3) is 0 Å². The summed E-state index contributed by atoms with van der Waals surface area (Å²) in [6.45, 7) is 6.37. The number of aryl methyl sites for hydroxylation is 1. The summed E-state index contributed by atoms with van der Waals surface area (Å²) < 4.78 is 16.2. The van der Waals surface area contributed by atoms with Gasteiger partial charge >= 0.3 is 0 Å². The van der Waals surface area contributed by atoms with Crippen molar-refractivity contribution in [3.63, 3.8) is 0 Å². The maximum absolute atomic E-state index is 13.1. The number of nitrogens with zero attached hydrogens (tertiary/aromatic N) is 1. The van der Waals surface area contributed by atoms with Crippen molar-refractivity contribution in [3.05, 3.63) is 53.6 Å². The number of benzene rings is 2. The standard InChI is InChI=1S/C24H32N2O5/c1-6-10-25-24(28)18(3)26(15-19-9-7-8-17(2)11-19)23(27)16-31-22-13-20(29-4)12-21(14-22)30-5/h7-9,11-14,18H,6,10,15-16H2,1-5H3,(H,25,28). The molecule has 2 aromatic rings. The molecule has 2 rings (SSSR count). The molecule has 0 saturated heterocycles. The third kappa shape index (κ3) is 7.20. The Bertz CT molecular complexity index is 862. The lowest BCUT2D eigenvalue weighted by Crippen LogP contribution is -2.49. The van der Waals surface area contributed by atoms with Gasteiger partial charge < -0.3 is 24.4 Å². The van der Waals surface area contributed by atoms with Crippen LogP contribution in [0, 0.1) is 6.92 Å². The molecule has 1 atom stereocenters. The predicted octanol–water partition coefficient (Wildman–Crippen LogP) is 3.33. The van der Waals surface area contributed by atoms with Crippen LogP contribution in [0.3, 0.4) is 0 Å². The fraction of sp³-hybridized carbons (Fsp3) is 0.417. The quantitative estimate of drug-likeness (QED) is 0.594. The maximum Gasteiger partial charge on any atom is 0.261 e. The molecule has 1 unspecified atom stereocenters. The zero-order valence-corrected chi connectivity index (χ0v) is 18.9. The van der Waals surface area contributed by atoms with Crippen molar-refractivity contribution in [2.45, 2.75) is 39.8 Å². The topological polar surface area (TPSA) is 77.1 Å². The van der Waals surface area contributed by atoms with Gasteiger partial charge in [0, 0.05) is 31.3 Å². The number of hydrogen-bond donors (Lipinski definition) is 1. The van der Waals surface area contributed by atoms with Gasteiger partial charge in [-0.05, 0) is 25.8 Å². The lowest BCUT2D eigenvalue weighted by Gasteiger charge is -2.29. The van der Waals surface area contributed by atoms with Gasteiger partial charge in [-0.15, -0.1) is 0 Å². The number of methoxy groups -OCH3 is 2. The third-order valence-electron chi connectivity index (χ3n) is 4.84. The van der Waals surface area contributed by atoms with Gasteiger partial charge in [0.25, 0.3) is 5.91 Å². The molecule has 0 aliphatic carbocycles. The number of nitrogens with one attached hydrogen (secondary N) is 1. The van der Waals surface area contributed by atoms with E-state index in [0.29, 0.717) is 30.3 Å². The van der Waals surface area contributed by atoms with Crippen LogP contribution in [0.1, 0.15) is 31.4 Å².